The van der Waals surface area contributed by atoms with Gasteiger partial charge in [-0.05, 0) is 42.5 Å². The van der Waals surface area contributed by atoms with Gasteiger partial charge in [0.2, 0.25) is 0 Å². The fraction of sp³-hybridized carbons (Fsp3) is 0.118. The fourth-order valence-corrected chi connectivity index (χ4v) is 3.40. The second-order valence-corrected chi connectivity index (χ2v) is 7.42. The zero-order valence-electron chi connectivity index (χ0n) is 14.0. The first kappa shape index (κ1) is 18.8. The third-order valence-electron chi connectivity index (χ3n) is 3.60. The molecule has 3 aromatic rings. The van der Waals surface area contributed by atoms with Gasteiger partial charge in [-0.2, -0.15) is 18.3 Å². The maximum atomic E-state index is 12.6. The molecule has 6 nitrogen and oxygen atoms in total. The molecule has 142 valence electrons. The minimum atomic E-state index is -4.53. The predicted octanol–water partition coefficient (Wildman–Crippen LogP) is 3.98. The number of rotatable bonds is 5. The summed E-state index contributed by atoms with van der Waals surface area (Å²) in [6.07, 6.45) is -1.17. The summed E-state index contributed by atoms with van der Waals surface area (Å²) in [5.41, 5.74) is 0.698. The van der Waals surface area contributed by atoms with E-state index in [2.05, 4.69) is 15.1 Å². The molecule has 27 heavy (non-hydrogen) atoms. The summed E-state index contributed by atoms with van der Waals surface area (Å²) in [5, 5.41) is 7.09. The number of sulfonamides is 1. The molecule has 1 aromatic heterocycles. The zero-order valence-corrected chi connectivity index (χ0v) is 14.8. The average Bonchev–Trinajstić information content (AvgIpc) is 2.99. The molecule has 0 saturated carbocycles. The topological polar surface area (TPSA) is 76.0 Å². The molecule has 0 saturated heterocycles. The summed E-state index contributed by atoms with van der Waals surface area (Å²) in [7, 11) is -2.26. The minimum absolute atomic E-state index is 0.263. The minimum Gasteiger partial charge on any atom is -0.353 e. The number of halogens is 3. The van der Waals surface area contributed by atoms with Crippen molar-refractivity contribution in [3.05, 3.63) is 66.5 Å². The molecule has 0 unspecified atom stereocenters. The Bertz CT molecular complexity index is 1040. The van der Waals surface area contributed by atoms with E-state index in [-0.39, 0.29) is 10.6 Å². The Labute approximate surface area is 153 Å². The van der Waals surface area contributed by atoms with Crippen molar-refractivity contribution in [3.8, 4) is 0 Å². The van der Waals surface area contributed by atoms with Crippen LogP contribution in [0.3, 0.4) is 0 Å². The highest BCUT2D eigenvalue weighted by Crippen LogP contribution is 2.30. The van der Waals surface area contributed by atoms with E-state index in [0.717, 1.165) is 30.0 Å². The van der Waals surface area contributed by atoms with Gasteiger partial charge in [0.15, 0.2) is 0 Å². The van der Waals surface area contributed by atoms with Crippen LogP contribution in [0.2, 0.25) is 0 Å². The second kappa shape index (κ2) is 6.95. The lowest BCUT2D eigenvalue weighted by Crippen LogP contribution is -2.13. The molecular formula is C17H15F3N4O2S. The molecule has 0 atom stereocenters. The number of anilines is 3. The Morgan fingerprint density at radius 2 is 1.67 bits per heavy atom. The van der Waals surface area contributed by atoms with Gasteiger partial charge in [-0.1, -0.05) is 6.07 Å². The van der Waals surface area contributed by atoms with Crippen LogP contribution in [0, 0.1) is 0 Å². The Morgan fingerprint density at radius 3 is 2.26 bits per heavy atom. The average molecular weight is 396 g/mol. The summed E-state index contributed by atoms with van der Waals surface area (Å²) in [6, 6.07) is 9.78. The zero-order chi connectivity index (χ0) is 19.7. The van der Waals surface area contributed by atoms with Gasteiger partial charge < -0.3 is 5.32 Å². The molecule has 0 aliphatic carbocycles. The lowest BCUT2D eigenvalue weighted by atomic mass is 10.2. The van der Waals surface area contributed by atoms with Crippen LogP contribution in [0.15, 0.2) is 65.8 Å². The van der Waals surface area contributed by atoms with E-state index in [0.29, 0.717) is 5.69 Å². The molecule has 3 rings (SSSR count). The van der Waals surface area contributed by atoms with Crippen molar-refractivity contribution in [2.75, 3.05) is 10.0 Å². The highest BCUT2D eigenvalue weighted by Gasteiger charge is 2.30. The summed E-state index contributed by atoms with van der Waals surface area (Å²) in [6.45, 7) is 0. The van der Waals surface area contributed by atoms with Crippen LogP contribution in [-0.4, -0.2) is 18.2 Å². The lowest BCUT2D eigenvalue weighted by molar-refractivity contribution is -0.137. The van der Waals surface area contributed by atoms with E-state index in [1.807, 2.05) is 0 Å². The van der Waals surface area contributed by atoms with Crippen LogP contribution in [0.25, 0.3) is 0 Å². The van der Waals surface area contributed by atoms with Crippen molar-refractivity contribution in [1.82, 2.24) is 9.78 Å². The molecular weight excluding hydrogens is 381 g/mol. The van der Waals surface area contributed by atoms with Crippen molar-refractivity contribution >= 4 is 27.1 Å². The van der Waals surface area contributed by atoms with Gasteiger partial charge in [0.1, 0.15) is 0 Å². The van der Waals surface area contributed by atoms with Crippen LogP contribution < -0.4 is 10.0 Å². The van der Waals surface area contributed by atoms with Gasteiger partial charge in [0, 0.05) is 18.9 Å². The number of hydrogen-bond acceptors (Lipinski definition) is 4. The van der Waals surface area contributed by atoms with Crippen molar-refractivity contribution in [3.63, 3.8) is 0 Å². The van der Waals surface area contributed by atoms with Crippen molar-refractivity contribution in [2.45, 2.75) is 11.1 Å². The fourth-order valence-electron chi connectivity index (χ4n) is 2.35. The lowest BCUT2D eigenvalue weighted by Gasteiger charge is -2.11. The highest BCUT2D eigenvalue weighted by molar-refractivity contribution is 7.92. The molecule has 1 heterocycles. The van der Waals surface area contributed by atoms with E-state index in [1.165, 1.54) is 6.07 Å². The third-order valence-corrected chi connectivity index (χ3v) is 5.00. The van der Waals surface area contributed by atoms with Gasteiger partial charge in [0.25, 0.3) is 10.0 Å². The highest BCUT2D eigenvalue weighted by atomic mass is 32.2. The Morgan fingerprint density at radius 1 is 1.00 bits per heavy atom. The first-order chi connectivity index (χ1) is 12.6. The van der Waals surface area contributed by atoms with Crippen molar-refractivity contribution < 1.29 is 21.6 Å². The predicted molar refractivity (Wildman–Crippen MR) is 95.2 cm³/mol. The molecule has 2 aromatic carbocycles. The normalized spacial score (nSPS) is 12.0. The van der Waals surface area contributed by atoms with Crippen LogP contribution >= 0.6 is 0 Å². The Balaban J connectivity index is 1.78. The molecule has 10 heteroatoms. The van der Waals surface area contributed by atoms with Gasteiger partial charge >= 0.3 is 6.18 Å². The van der Waals surface area contributed by atoms with Crippen LogP contribution in [0.4, 0.5) is 30.2 Å². The molecule has 0 amide bonds. The molecule has 0 radical (unpaired) electrons. The van der Waals surface area contributed by atoms with Crippen LogP contribution in [0.5, 0.6) is 0 Å². The van der Waals surface area contributed by atoms with Crippen molar-refractivity contribution in [2.24, 2.45) is 7.05 Å². The summed E-state index contributed by atoms with van der Waals surface area (Å²) < 4.78 is 66.6. The largest absolute Gasteiger partial charge is 0.416 e. The van der Waals surface area contributed by atoms with Gasteiger partial charge in [0.05, 0.1) is 28.0 Å². The molecule has 0 fully saturated rings. The van der Waals surface area contributed by atoms with E-state index in [1.54, 1.807) is 42.3 Å². The summed E-state index contributed by atoms with van der Waals surface area (Å²) in [4.78, 5) is -0.263. The van der Waals surface area contributed by atoms with Gasteiger partial charge in [-0.3, -0.25) is 9.40 Å². The van der Waals surface area contributed by atoms with Crippen LogP contribution in [0.1, 0.15) is 5.56 Å². The quantitative estimate of drug-likeness (QED) is 0.684. The number of benzene rings is 2. The SMILES string of the molecule is Cn1cc(Nc2cccc(NS(=O)(=O)c3ccc(C(F)(F)F)cc3)c2)cn1. The number of aryl methyl sites for hydroxylation is 1. The number of alkyl halides is 3. The number of nitrogens with zero attached hydrogens (tertiary/aromatic N) is 2. The number of nitrogens with one attached hydrogen (secondary N) is 2. The maximum absolute atomic E-state index is 12.6. The van der Waals surface area contributed by atoms with Crippen LogP contribution in [-0.2, 0) is 23.2 Å². The van der Waals surface area contributed by atoms with E-state index in [9.17, 15) is 21.6 Å². The third kappa shape index (κ3) is 4.59. The van der Waals surface area contributed by atoms with Gasteiger partial charge in [-0.25, -0.2) is 8.42 Å². The summed E-state index contributed by atoms with van der Waals surface area (Å²) >= 11 is 0. The maximum Gasteiger partial charge on any atom is 0.416 e. The molecule has 2 N–H and O–H groups in total. The van der Waals surface area contributed by atoms with Gasteiger partial charge in [-0.15, -0.1) is 0 Å². The Kier molecular flexibility index (Phi) is 4.83. The van der Waals surface area contributed by atoms with E-state index >= 15 is 0 Å². The molecule has 0 aliphatic rings. The smallest absolute Gasteiger partial charge is 0.353 e. The van der Waals surface area contributed by atoms with E-state index < -0.39 is 21.8 Å². The monoisotopic (exact) mass is 396 g/mol. The first-order valence-corrected chi connectivity index (χ1v) is 9.18. The second-order valence-electron chi connectivity index (χ2n) is 5.74. The standard InChI is InChI=1S/C17H15F3N4O2S/c1-24-11-15(10-21-24)22-13-3-2-4-14(9-13)23-27(25,26)16-7-5-12(6-8-16)17(18,19)20/h2-11,22-23H,1H3. The van der Waals surface area contributed by atoms with Crippen molar-refractivity contribution in [1.29, 1.82) is 0 Å². The molecule has 0 aliphatic heterocycles. The Hall–Kier alpha value is -3.01. The number of aromatic nitrogens is 2. The molecule has 0 bridgehead atoms. The van der Waals surface area contributed by atoms with E-state index in [4.69, 9.17) is 0 Å². The summed E-state index contributed by atoms with van der Waals surface area (Å²) in [5.74, 6) is 0. The first-order valence-electron chi connectivity index (χ1n) is 7.69. The molecule has 0 spiro atoms. The number of hydrogen-bond donors (Lipinski definition) is 2.